The minimum Gasteiger partial charge on any atom is -0.508 e. The number of benzene rings is 1. The summed E-state index contributed by atoms with van der Waals surface area (Å²) in [6, 6.07) is 2.49. The van der Waals surface area contributed by atoms with Gasteiger partial charge in [-0.1, -0.05) is 13.8 Å². The molecule has 3 aliphatic carbocycles. The van der Waals surface area contributed by atoms with Crippen molar-refractivity contribution in [3.05, 3.63) is 58.3 Å². The number of carbonyl (C=O) groups excluding carboxylic acids is 3. The fourth-order valence-corrected chi connectivity index (χ4v) is 6.85. The molecule has 0 radical (unpaired) electrons. The largest absolute Gasteiger partial charge is 0.508 e. The Morgan fingerprint density at radius 2 is 1.85 bits per heavy atom. The highest BCUT2D eigenvalue weighted by Gasteiger charge is 2.64. The van der Waals surface area contributed by atoms with Gasteiger partial charge in [-0.3, -0.25) is 24.2 Å². The molecule has 0 unspecified atom stereocenters. The molecule has 1 amide bonds. The summed E-state index contributed by atoms with van der Waals surface area (Å²) in [6.07, 6.45) is 3.31. The highest BCUT2D eigenvalue weighted by Crippen LogP contribution is 2.54. The van der Waals surface area contributed by atoms with Gasteiger partial charge in [-0.25, -0.2) is 0 Å². The Hall–Kier alpha value is -3.93. The van der Waals surface area contributed by atoms with Crippen LogP contribution in [0.1, 0.15) is 37.0 Å². The lowest BCUT2D eigenvalue weighted by atomic mass is 9.57. The highest BCUT2D eigenvalue weighted by molar-refractivity contribution is 6.24. The van der Waals surface area contributed by atoms with Gasteiger partial charge in [-0.15, -0.1) is 0 Å². The maximum atomic E-state index is 14.1. The van der Waals surface area contributed by atoms with Gasteiger partial charge in [0.1, 0.15) is 22.8 Å². The number of aromatic hydroxyl groups is 1. The number of nitrogens with two attached hydrogens (primary N) is 1. The molecule has 11 heteroatoms. The molecule has 0 aliphatic heterocycles. The topological polar surface area (TPSA) is 178 Å². The Kier molecular flexibility index (Phi) is 7.09. The van der Waals surface area contributed by atoms with E-state index in [4.69, 9.17) is 10.2 Å². The molecule has 0 bridgehead atoms. The quantitative estimate of drug-likeness (QED) is 0.312. The lowest BCUT2D eigenvalue weighted by Gasteiger charge is -2.50. The van der Waals surface area contributed by atoms with Gasteiger partial charge >= 0.3 is 0 Å². The van der Waals surface area contributed by atoms with Gasteiger partial charge in [0, 0.05) is 29.2 Å². The average Bonchev–Trinajstić information content (AvgIpc) is 3.45. The number of hydrogen-bond donors (Lipinski definition) is 5. The first-order valence-electron chi connectivity index (χ1n) is 13.7. The predicted molar refractivity (Wildman–Crippen MR) is 149 cm³/mol. The molecule has 11 nitrogen and oxygen atoms in total. The molecule has 4 atom stereocenters. The SMILES string of the molecule is CCN(CC)Cc1cc(-c2ccoc2)c2c(c1O)C(O)=C1C(=O)[C@]3(O)C(O)=C(C(N)=O)C(=O)[C@@H](N(C)C)[C@@H]3C[C@@H]1C2. The smallest absolute Gasteiger partial charge is 0.255 e. The van der Waals surface area contributed by atoms with Gasteiger partial charge in [0.05, 0.1) is 24.1 Å². The molecule has 6 N–H and O–H groups in total. The summed E-state index contributed by atoms with van der Waals surface area (Å²) in [7, 11) is 3.14. The minimum absolute atomic E-state index is 0.0263. The first-order valence-corrected chi connectivity index (χ1v) is 13.7. The fourth-order valence-electron chi connectivity index (χ4n) is 6.85. The van der Waals surface area contributed by atoms with Crippen molar-refractivity contribution in [2.45, 2.75) is 44.9 Å². The molecule has 5 rings (SSSR count). The van der Waals surface area contributed by atoms with Crippen molar-refractivity contribution in [3.63, 3.8) is 0 Å². The van der Waals surface area contributed by atoms with E-state index >= 15 is 0 Å². The summed E-state index contributed by atoms with van der Waals surface area (Å²) in [4.78, 5) is 43.2. The number of ketones is 2. The van der Waals surface area contributed by atoms with Crippen LogP contribution in [0.4, 0.5) is 0 Å². The van der Waals surface area contributed by atoms with E-state index < -0.39 is 58.0 Å². The monoisotopic (exact) mass is 565 g/mol. The first-order chi connectivity index (χ1) is 19.4. The number of hydrogen-bond acceptors (Lipinski definition) is 10. The van der Waals surface area contributed by atoms with Crippen molar-refractivity contribution in [1.29, 1.82) is 0 Å². The second kappa shape index (κ2) is 10.2. The number of likely N-dealkylation sites (N-methyl/N-ethyl adjacent to an activating group) is 1. The number of primary amides is 1. The maximum Gasteiger partial charge on any atom is 0.255 e. The zero-order chi connectivity index (χ0) is 30.0. The Labute approximate surface area is 237 Å². The Morgan fingerprint density at radius 1 is 1.17 bits per heavy atom. The van der Waals surface area contributed by atoms with Crippen molar-refractivity contribution >= 4 is 23.2 Å². The third-order valence-corrected chi connectivity index (χ3v) is 8.92. The first kappa shape index (κ1) is 28.6. The number of carbonyl (C=O) groups is 3. The lowest BCUT2D eigenvalue weighted by Crippen LogP contribution is -2.65. The number of fused-ring (bicyclic) bond motifs is 3. The van der Waals surface area contributed by atoms with E-state index in [0.29, 0.717) is 17.7 Å². The second-order valence-electron chi connectivity index (χ2n) is 11.2. The molecule has 0 spiro atoms. The molecule has 3 aliphatic rings. The summed E-state index contributed by atoms with van der Waals surface area (Å²) in [6.45, 7) is 5.80. The van der Waals surface area contributed by atoms with E-state index in [1.165, 1.54) is 11.2 Å². The molecule has 1 saturated carbocycles. The Morgan fingerprint density at radius 3 is 2.41 bits per heavy atom. The Balaban J connectivity index is 1.76. The normalized spacial score (nSPS) is 26.0. The van der Waals surface area contributed by atoms with E-state index in [-0.39, 0.29) is 29.7 Å². The third kappa shape index (κ3) is 4.10. The van der Waals surface area contributed by atoms with Crippen LogP contribution in [0.15, 0.2) is 46.0 Å². The van der Waals surface area contributed by atoms with Crippen LogP contribution in [-0.4, -0.2) is 86.5 Å². The van der Waals surface area contributed by atoms with E-state index in [1.54, 1.807) is 26.4 Å². The summed E-state index contributed by atoms with van der Waals surface area (Å²) in [5, 5.41) is 46.0. The number of amides is 1. The summed E-state index contributed by atoms with van der Waals surface area (Å²) in [5.74, 6) is -6.67. The van der Waals surface area contributed by atoms with Crippen LogP contribution in [-0.2, 0) is 27.3 Å². The number of phenols is 1. The van der Waals surface area contributed by atoms with Crippen molar-refractivity contribution in [1.82, 2.24) is 9.80 Å². The number of Topliss-reactive ketones (excluding diaryl/α,β-unsaturated/α-hetero) is 2. The zero-order valence-corrected chi connectivity index (χ0v) is 23.5. The van der Waals surface area contributed by atoms with Crippen LogP contribution < -0.4 is 5.73 Å². The second-order valence-corrected chi connectivity index (χ2v) is 11.2. The van der Waals surface area contributed by atoms with Crippen molar-refractivity contribution < 1.29 is 39.2 Å². The summed E-state index contributed by atoms with van der Waals surface area (Å²) in [5.41, 5.74) is 4.35. The fraction of sp³-hybridized carbons (Fsp3) is 0.433. The molecule has 1 fully saturated rings. The van der Waals surface area contributed by atoms with Crippen molar-refractivity contribution in [2.75, 3.05) is 27.2 Å². The number of aliphatic hydroxyl groups is 3. The minimum atomic E-state index is -2.67. The summed E-state index contributed by atoms with van der Waals surface area (Å²) < 4.78 is 5.33. The zero-order valence-electron chi connectivity index (χ0n) is 23.5. The van der Waals surface area contributed by atoms with Gasteiger partial charge < -0.3 is 30.6 Å². The molecule has 0 saturated heterocycles. The molecule has 2 aromatic rings. The van der Waals surface area contributed by atoms with E-state index in [2.05, 4.69) is 4.90 Å². The molecule has 1 aromatic heterocycles. The number of furan rings is 1. The lowest BCUT2D eigenvalue weighted by molar-refractivity contribution is -0.153. The number of phenolic OH excluding ortho intramolecular Hbond substituents is 1. The standard InChI is InChI=1S/C30H35N3O8/c1-5-33(6-2)12-16-10-17(14-7-8-41-13-14)18-9-15-11-19-23(32(3)4)26(36)22(29(31)39)28(38)30(19,40)27(37)20(15)25(35)21(18)24(16)34/h7-8,10,13,15,19,23,34-35,38,40H,5-6,9,11-12H2,1-4H3,(H2,31,39)/t15-,19-,23-,30-/m0/s1. The van der Waals surface area contributed by atoms with E-state index in [1.807, 2.05) is 19.9 Å². The number of nitrogens with zero attached hydrogens (tertiary/aromatic N) is 2. The van der Waals surface area contributed by atoms with Gasteiger partial charge in [-0.2, -0.15) is 0 Å². The number of rotatable bonds is 7. The van der Waals surface area contributed by atoms with Gasteiger partial charge in [0.15, 0.2) is 11.4 Å². The molecule has 41 heavy (non-hydrogen) atoms. The van der Waals surface area contributed by atoms with Crippen LogP contribution in [0.5, 0.6) is 5.75 Å². The Bertz CT molecular complexity index is 1500. The molecule has 1 heterocycles. The number of aliphatic hydroxyl groups excluding tert-OH is 2. The van der Waals surface area contributed by atoms with Crippen LogP contribution in [0.2, 0.25) is 0 Å². The van der Waals surface area contributed by atoms with Crippen LogP contribution in [0.3, 0.4) is 0 Å². The highest BCUT2D eigenvalue weighted by atomic mass is 16.3. The van der Waals surface area contributed by atoms with E-state index in [0.717, 1.165) is 24.2 Å². The van der Waals surface area contributed by atoms with Gasteiger partial charge in [-0.05, 0) is 69.2 Å². The van der Waals surface area contributed by atoms with Gasteiger partial charge in [0.2, 0.25) is 5.78 Å². The van der Waals surface area contributed by atoms with Crippen LogP contribution in [0, 0.1) is 11.8 Å². The average molecular weight is 566 g/mol. The van der Waals surface area contributed by atoms with E-state index in [9.17, 15) is 34.8 Å². The third-order valence-electron chi connectivity index (χ3n) is 8.92. The molecule has 1 aromatic carbocycles. The van der Waals surface area contributed by atoms with Crippen molar-refractivity contribution in [3.8, 4) is 16.9 Å². The van der Waals surface area contributed by atoms with Crippen LogP contribution >= 0.6 is 0 Å². The molecule has 218 valence electrons. The maximum absolute atomic E-state index is 14.1. The van der Waals surface area contributed by atoms with Crippen LogP contribution in [0.25, 0.3) is 16.9 Å². The van der Waals surface area contributed by atoms with Crippen molar-refractivity contribution in [2.24, 2.45) is 17.6 Å². The van der Waals surface area contributed by atoms with Gasteiger partial charge in [0.25, 0.3) is 5.91 Å². The summed E-state index contributed by atoms with van der Waals surface area (Å²) >= 11 is 0. The molecular weight excluding hydrogens is 530 g/mol. The predicted octanol–water partition coefficient (Wildman–Crippen LogP) is 2.07. The molecular formula is C30H35N3O8.